The van der Waals surface area contributed by atoms with Crippen molar-refractivity contribution in [2.75, 3.05) is 27.4 Å². The number of carbonyl (C=O) groups excluding carboxylic acids is 2. The molecule has 0 spiro atoms. The lowest BCUT2D eigenvalue weighted by Gasteiger charge is -2.22. The van der Waals surface area contributed by atoms with Crippen LogP contribution in [0.3, 0.4) is 0 Å². The molecule has 0 aromatic carbocycles. The quantitative estimate of drug-likeness (QED) is 0.320. The molecule has 0 saturated carbocycles. The monoisotopic (exact) mass is 394 g/mol. The van der Waals surface area contributed by atoms with Gasteiger partial charge in [0.15, 0.2) is 0 Å². The van der Waals surface area contributed by atoms with Crippen molar-refractivity contribution in [3.8, 4) is 0 Å². The van der Waals surface area contributed by atoms with E-state index in [4.69, 9.17) is 22.4 Å². The Morgan fingerprint density at radius 1 is 0.920 bits per heavy atom. The minimum absolute atomic E-state index is 0.414. The molecule has 0 aromatic rings. The molecule has 0 aliphatic heterocycles. The molecule has 0 saturated heterocycles. The molecule has 0 unspecified atom stereocenters. The van der Waals surface area contributed by atoms with Crippen LogP contribution in [-0.4, -0.2) is 56.5 Å². The standard InChI is InChI=1S/C10H22O3Si.C6H12O4Si/c1-10(2)9-13-7-6-8-14(5,11-3)12-4;1-5(7)9-11(3,4)10-6(2)8/h1,6-9H2,2-5H3;1-4H3. The second-order valence-corrected chi connectivity index (χ2v) is 13.0. The summed E-state index contributed by atoms with van der Waals surface area (Å²) in [7, 11) is -0.980. The summed E-state index contributed by atoms with van der Waals surface area (Å²) in [5.74, 6) is -0.828. The molecule has 0 aliphatic rings. The van der Waals surface area contributed by atoms with E-state index in [1.807, 2.05) is 6.92 Å². The van der Waals surface area contributed by atoms with Gasteiger partial charge in [0.2, 0.25) is 0 Å². The summed E-state index contributed by atoms with van der Waals surface area (Å²) in [6, 6.07) is 0.968. The normalized spacial score (nSPS) is 11.2. The molecular formula is C16H34O7Si2. The van der Waals surface area contributed by atoms with Gasteiger partial charge in [0.25, 0.3) is 11.9 Å². The molecule has 0 radical (unpaired) electrons. The zero-order valence-corrected chi connectivity index (χ0v) is 18.9. The SMILES string of the molecule is C=C(C)COCCC[Si](C)(OC)OC.CC(=O)O[Si](C)(C)OC(C)=O. The van der Waals surface area contributed by atoms with E-state index in [2.05, 4.69) is 13.1 Å². The molecule has 0 atom stereocenters. The Labute approximate surface area is 154 Å². The lowest BCUT2D eigenvalue weighted by atomic mass is 10.4. The Morgan fingerprint density at radius 2 is 1.36 bits per heavy atom. The van der Waals surface area contributed by atoms with Crippen molar-refractivity contribution in [1.82, 2.24) is 0 Å². The maximum absolute atomic E-state index is 10.5. The van der Waals surface area contributed by atoms with Crippen molar-refractivity contribution >= 4 is 29.1 Å². The van der Waals surface area contributed by atoms with Crippen molar-refractivity contribution in [3.05, 3.63) is 12.2 Å². The lowest BCUT2D eigenvalue weighted by molar-refractivity contribution is -0.138. The minimum atomic E-state index is -2.53. The van der Waals surface area contributed by atoms with Crippen LogP contribution in [0.5, 0.6) is 0 Å². The maximum Gasteiger partial charge on any atom is 0.457 e. The van der Waals surface area contributed by atoms with Crippen LogP contribution < -0.4 is 0 Å². The Kier molecular flexibility index (Phi) is 13.9. The molecule has 0 bridgehead atoms. The number of carbonyl (C=O) groups is 2. The van der Waals surface area contributed by atoms with E-state index in [0.717, 1.165) is 24.6 Å². The third kappa shape index (κ3) is 17.6. The summed E-state index contributed by atoms with van der Waals surface area (Å²) in [4.78, 5) is 20.9. The fourth-order valence-corrected chi connectivity index (χ4v) is 4.53. The van der Waals surface area contributed by atoms with Crippen molar-refractivity contribution in [2.45, 2.75) is 52.9 Å². The molecular weight excluding hydrogens is 360 g/mol. The summed E-state index contributed by atoms with van der Waals surface area (Å²) < 4.78 is 25.7. The van der Waals surface area contributed by atoms with Crippen LogP contribution in [0.1, 0.15) is 27.2 Å². The van der Waals surface area contributed by atoms with Crippen LogP contribution in [0.15, 0.2) is 12.2 Å². The van der Waals surface area contributed by atoms with Crippen molar-refractivity contribution < 1.29 is 32.0 Å². The highest BCUT2D eigenvalue weighted by molar-refractivity contribution is 6.67. The van der Waals surface area contributed by atoms with E-state index in [-0.39, 0.29) is 0 Å². The predicted octanol–water partition coefficient (Wildman–Crippen LogP) is 3.15. The lowest BCUT2D eigenvalue weighted by Crippen LogP contribution is -2.38. The van der Waals surface area contributed by atoms with Crippen LogP contribution in [0, 0.1) is 0 Å². The van der Waals surface area contributed by atoms with Crippen LogP contribution in [0.4, 0.5) is 0 Å². The van der Waals surface area contributed by atoms with E-state index < -0.39 is 29.1 Å². The highest BCUT2D eigenvalue weighted by Gasteiger charge is 2.31. The predicted molar refractivity (Wildman–Crippen MR) is 102 cm³/mol. The van der Waals surface area contributed by atoms with Gasteiger partial charge in [0.05, 0.1) is 6.61 Å². The van der Waals surface area contributed by atoms with Gasteiger partial charge in [-0.2, -0.15) is 0 Å². The summed E-state index contributed by atoms with van der Waals surface area (Å²) in [5, 5.41) is 0. The third-order valence-electron chi connectivity index (χ3n) is 2.91. The molecule has 148 valence electrons. The van der Waals surface area contributed by atoms with Crippen LogP contribution in [0.2, 0.25) is 25.7 Å². The number of hydrogen-bond donors (Lipinski definition) is 0. The first-order valence-electron chi connectivity index (χ1n) is 8.09. The largest absolute Gasteiger partial charge is 0.485 e. The average molecular weight is 395 g/mol. The molecule has 0 N–H and O–H groups in total. The molecule has 0 heterocycles. The first kappa shape index (κ1) is 26.2. The molecule has 0 fully saturated rings. The Morgan fingerprint density at radius 3 is 1.68 bits per heavy atom. The molecule has 7 nitrogen and oxygen atoms in total. The van der Waals surface area contributed by atoms with Gasteiger partial charge in [-0.3, -0.25) is 9.59 Å². The highest BCUT2D eigenvalue weighted by Crippen LogP contribution is 2.13. The smallest absolute Gasteiger partial charge is 0.457 e. The number of rotatable bonds is 10. The number of ether oxygens (including phenoxy) is 1. The van der Waals surface area contributed by atoms with Gasteiger partial charge in [0, 0.05) is 47.8 Å². The molecule has 25 heavy (non-hydrogen) atoms. The molecule has 9 heteroatoms. The summed E-state index contributed by atoms with van der Waals surface area (Å²) >= 11 is 0. The molecule has 0 aromatic heterocycles. The highest BCUT2D eigenvalue weighted by atomic mass is 28.4. The van der Waals surface area contributed by atoms with Crippen molar-refractivity contribution in [1.29, 1.82) is 0 Å². The summed E-state index contributed by atoms with van der Waals surface area (Å²) in [5.41, 5.74) is 1.06. The van der Waals surface area contributed by atoms with Gasteiger partial charge in [0.1, 0.15) is 0 Å². The van der Waals surface area contributed by atoms with E-state index in [1.54, 1.807) is 27.3 Å². The second-order valence-electron chi connectivity index (χ2n) is 6.24. The Balaban J connectivity index is 0. The zero-order valence-electron chi connectivity index (χ0n) is 16.9. The summed E-state index contributed by atoms with van der Waals surface area (Å²) in [6.45, 7) is 15.0. The number of hydrogen-bond acceptors (Lipinski definition) is 7. The van der Waals surface area contributed by atoms with Gasteiger partial charge >= 0.3 is 17.1 Å². The Bertz CT molecular complexity index is 403. The van der Waals surface area contributed by atoms with Crippen molar-refractivity contribution in [2.24, 2.45) is 0 Å². The maximum atomic E-state index is 10.5. The fraction of sp³-hybridized carbons (Fsp3) is 0.750. The summed E-state index contributed by atoms with van der Waals surface area (Å²) in [6.07, 6.45) is 0.984. The average Bonchev–Trinajstić information content (AvgIpc) is 2.44. The van der Waals surface area contributed by atoms with Gasteiger partial charge in [-0.25, -0.2) is 0 Å². The van der Waals surface area contributed by atoms with Gasteiger partial charge in [-0.15, -0.1) is 0 Å². The van der Waals surface area contributed by atoms with Crippen molar-refractivity contribution in [3.63, 3.8) is 0 Å². The van der Waals surface area contributed by atoms with Crippen LogP contribution >= 0.6 is 0 Å². The van der Waals surface area contributed by atoms with Gasteiger partial charge < -0.3 is 22.4 Å². The first-order chi connectivity index (χ1) is 11.4. The fourth-order valence-electron chi connectivity index (χ4n) is 1.74. The van der Waals surface area contributed by atoms with Crippen LogP contribution in [0.25, 0.3) is 0 Å². The van der Waals surface area contributed by atoms with E-state index in [9.17, 15) is 9.59 Å². The first-order valence-corrected chi connectivity index (χ1v) is 13.4. The molecule has 0 aliphatic carbocycles. The van der Waals surface area contributed by atoms with Crippen LogP contribution in [-0.2, 0) is 32.0 Å². The molecule has 0 rings (SSSR count). The Hall–Kier alpha value is -1.01. The van der Waals surface area contributed by atoms with E-state index in [1.165, 1.54) is 13.8 Å². The topological polar surface area (TPSA) is 80.3 Å². The zero-order chi connectivity index (χ0) is 20.1. The van der Waals surface area contributed by atoms with Gasteiger partial charge in [-0.1, -0.05) is 12.2 Å². The van der Waals surface area contributed by atoms with Gasteiger partial charge in [-0.05, 0) is 25.9 Å². The minimum Gasteiger partial charge on any atom is -0.485 e. The molecule has 0 amide bonds. The van der Waals surface area contributed by atoms with E-state index >= 15 is 0 Å². The van der Waals surface area contributed by atoms with E-state index in [0.29, 0.717) is 6.61 Å². The second kappa shape index (κ2) is 13.2. The third-order valence-corrected chi connectivity index (χ3v) is 7.46.